The number of esters is 1. The minimum Gasteiger partial charge on any atom is -0.455 e. The molecule has 1 aliphatic heterocycles. The van der Waals surface area contributed by atoms with Crippen LogP contribution in [0.1, 0.15) is 43.4 Å². The minimum atomic E-state index is -0.505. The second-order valence-corrected chi connectivity index (χ2v) is 8.04. The molecular formula is C25H30N2O4. The molecule has 1 unspecified atom stereocenters. The molecule has 2 aromatic carbocycles. The molecule has 0 radical (unpaired) electrons. The number of hydrogen-bond donors (Lipinski definition) is 1. The monoisotopic (exact) mass is 422 g/mol. The lowest BCUT2D eigenvalue weighted by Gasteiger charge is -2.32. The van der Waals surface area contributed by atoms with Crippen LogP contribution in [0.2, 0.25) is 0 Å². The zero-order chi connectivity index (χ0) is 22.1. The number of ether oxygens (including phenoxy) is 1. The average molecular weight is 423 g/mol. The Morgan fingerprint density at radius 3 is 2.23 bits per heavy atom. The van der Waals surface area contributed by atoms with Crippen molar-refractivity contribution < 1.29 is 19.1 Å². The zero-order valence-corrected chi connectivity index (χ0v) is 18.0. The standard InChI is InChI=1S/C25H30N2O4/c1-19(28)26-23(22-10-6-3-7-11-22)17-25(30)31-18-24(29)27-14-12-21(13-15-27)16-20-8-4-2-5-9-20/h2-11,21,23H,12-18H2,1H3,(H,26,28). The topological polar surface area (TPSA) is 75.7 Å². The molecule has 1 fully saturated rings. The Hall–Kier alpha value is -3.15. The quantitative estimate of drug-likeness (QED) is 0.663. The molecule has 0 spiro atoms. The molecule has 6 nitrogen and oxygen atoms in total. The number of hydrogen-bond acceptors (Lipinski definition) is 4. The first-order valence-electron chi connectivity index (χ1n) is 10.8. The number of nitrogens with one attached hydrogen (secondary N) is 1. The third-order valence-corrected chi connectivity index (χ3v) is 5.64. The minimum absolute atomic E-state index is 0.0178. The number of carbonyl (C=O) groups is 3. The lowest BCUT2D eigenvalue weighted by molar-refractivity contribution is -0.153. The highest BCUT2D eigenvalue weighted by Gasteiger charge is 2.24. The first kappa shape index (κ1) is 22.5. The average Bonchev–Trinajstić information content (AvgIpc) is 2.78. The molecule has 2 amide bonds. The van der Waals surface area contributed by atoms with E-state index in [9.17, 15) is 14.4 Å². The van der Waals surface area contributed by atoms with Crippen molar-refractivity contribution in [3.8, 4) is 0 Å². The van der Waals surface area contributed by atoms with E-state index in [2.05, 4.69) is 29.6 Å². The summed E-state index contributed by atoms with van der Waals surface area (Å²) in [5.74, 6) is -0.327. The van der Waals surface area contributed by atoms with Gasteiger partial charge >= 0.3 is 5.97 Å². The first-order valence-corrected chi connectivity index (χ1v) is 10.8. The van der Waals surface area contributed by atoms with E-state index in [1.165, 1.54) is 12.5 Å². The molecular weight excluding hydrogens is 392 g/mol. The lowest BCUT2D eigenvalue weighted by Crippen LogP contribution is -2.41. The molecule has 0 aromatic heterocycles. The Morgan fingerprint density at radius 2 is 1.61 bits per heavy atom. The van der Waals surface area contributed by atoms with Crippen LogP contribution < -0.4 is 5.32 Å². The van der Waals surface area contributed by atoms with E-state index in [0.29, 0.717) is 19.0 Å². The van der Waals surface area contributed by atoms with E-state index in [0.717, 1.165) is 24.8 Å². The summed E-state index contributed by atoms with van der Waals surface area (Å²) in [6.45, 7) is 2.52. The molecule has 1 atom stereocenters. The van der Waals surface area contributed by atoms with Crippen LogP contribution in [0.5, 0.6) is 0 Å². The first-order chi connectivity index (χ1) is 15.0. The van der Waals surface area contributed by atoms with Gasteiger partial charge < -0.3 is 15.0 Å². The summed E-state index contributed by atoms with van der Waals surface area (Å²) >= 11 is 0. The van der Waals surface area contributed by atoms with Gasteiger partial charge in [0.1, 0.15) is 0 Å². The molecule has 1 saturated heterocycles. The normalized spacial score (nSPS) is 15.2. The van der Waals surface area contributed by atoms with Gasteiger partial charge in [0.2, 0.25) is 5.91 Å². The zero-order valence-electron chi connectivity index (χ0n) is 18.0. The summed E-state index contributed by atoms with van der Waals surface area (Å²) in [5, 5.41) is 2.77. The molecule has 0 saturated carbocycles. The van der Waals surface area contributed by atoms with Gasteiger partial charge in [0, 0.05) is 20.0 Å². The van der Waals surface area contributed by atoms with E-state index < -0.39 is 12.0 Å². The predicted molar refractivity (Wildman–Crippen MR) is 118 cm³/mol. The number of likely N-dealkylation sites (tertiary alicyclic amines) is 1. The van der Waals surface area contributed by atoms with Crippen molar-refractivity contribution in [2.24, 2.45) is 5.92 Å². The highest BCUT2D eigenvalue weighted by atomic mass is 16.5. The second-order valence-electron chi connectivity index (χ2n) is 8.04. The third kappa shape index (κ3) is 7.24. The Morgan fingerprint density at radius 1 is 1.00 bits per heavy atom. The highest BCUT2D eigenvalue weighted by Crippen LogP contribution is 2.22. The molecule has 1 aliphatic rings. The van der Waals surface area contributed by atoms with Crippen LogP contribution in [-0.2, 0) is 25.5 Å². The maximum atomic E-state index is 12.5. The molecule has 2 aromatic rings. The van der Waals surface area contributed by atoms with Gasteiger partial charge in [-0.3, -0.25) is 14.4 Å². The van der Waals surface area contributed by atoms with E-state index in [-0.39, 0.29) is 24.8 Å². The summed E-state index contributed by atoms with van der Waals surface area (Å²) in [6.07, 6.45) is 2.91. The Bertz CT molecular complexity index is 862. The van der Waals surface area contributed by atoms with Gasteiger partial charge in [-0.1, -0.05) is 60.7 Å². The van der Waals surface area contributed by atoms with E-state index >= 15 is 0 Å². The second kappa shape index (κ2) is 11.3. The fraction of sp³-hybridized carbons (Fsp3) is 0.400. The van der Waals surface area contributed by atoms with Gasteiger partial charge in [0.05, 0.1) is 12.5 Å². The van der Waals surface area contributed by atoms with Gasteiger partial charge in [0.25, 0.3) is 5.91 Å². The maximum Gasteiger partial charge on any atom is 0.308 e. The summed E-state index contributed by atoms with van der Waals surface area (Å²) in [6, 6.07) is 19.2. The van der Waals surface area contributed by atoms with E-state index in [4.69, 9.17) is 4.74 Å². The highest BCUT2D eigenvalue weighted by molar-refractivity contribution is 5.81. The molecule has 1 heterocycles. The van der Waals surface area contributed by atoms with Crippen LogP contribution in [0.3, 0.4) is 0 Å². The van der Waals surface area contributed by atoms with Crippen LogP contribution in [0.4, 0.5) is 0 Å². The lowest BCUT2D eigenvalue weighted by atomic mass is 9.90. The van der Waals surface area contributed by atoms with Crippen molar-refractivity contribution in [1.82, 2.24) is 10.2 Å². The predicted octanol–water partition coefficient (Wildman–Crippen LogP) is 3.28. The Kier molecular flexibility index (Phi) is 8.21. The van der Waals surface area contributed by atoms with Crippen molar-refractivity contribution in [3.63, 3.8) is 0 Å². The number of benzene rings is 2. The van der Waals surface area contributed by atoms with Crippen LogP contribution in [0.25, 0.3) is 0 Å². The van der Waals surface area contributed by atoms with Crippen LogP contribution in [0, 0.1) is 5.92 Å². The van der Waals surface area contributed by atoms with Gasteiger partial charge in [-0.05, 0) is 36.3 Å². The van der Waals surface area contributed by atoms with Crippen molar-refractivity contribution in [2.45, 2.75) is 38.6 Å². The number of amides is 2. The molecule has 0 aliphatic carbocycles. The molecule has 1 N–H and O–H groups in total. The maximum absolute atomic E-state index is 12.5. The number of rotatable bonds is 8. The van der Waals surface area contributed by atoms with E-state index in [1.54, 1.807) is 4.90 Å². The van der Waals surface area contributed by atoms with Gasteiger partial charge in [-0.15, -0.1) is 0 Å². The fourth-order valence-corrected chi connectivity index (χ4v) is 3.98. The molecule has 3 rings (SSSR count). The Labute approximate surface area is 183 Å². The van der Waals surface area contributed by atoms with Crippen LogP contribution in [-0.4, -0.2) is 42.4 Å². The largest absolute Gasteiger partial charge is 0.455 e. The summed E-state index contributed by atoms with van der Waals surface area (Å²) in [5.41, 5.74) is 2.15. The fourth-order valence-electron chi connectivity index (χ4n) is 3.98. The number of nitrogens with zero attached hydrogens (tertiary/aromatic N) is 1. The third-order valence-electron chi connectivity index (χ3n) is 5.64. The smallest absolute Gasteiger partial charge is 0.308 e. The van der Waals surface area contributed by atoms with Crippen molar-refractivity contribution >= 4 is 17.8 Å². The molecule has 31 heavy (non-hydrogen) atoms. The molecule has 6 heteroatoms. The number of piperidine rings is 1. The van der Waals surface area contributed by atoms with Crippen molar-refractivity contribution in [3.05, 3.63) is 71.8 Å². The van der Waals surface area contributed by atoms with Gasteiger partial charge in [-0.25, -0.2) is 0 Å². The van der Waals surface area contributed by atoms with Gasteiger partial charge in [0.15, 0.2) is 6.61 Å². The van der Waals surface area contributed by atoms with Crippen molar-refractivity contribution in [2.75, 3.05) is 19.7 Å². The molecule has 0 bridgehead atoms. The van der Waals surface area contributed by atoms with Gasteiger partial charge in [-0.2, -0.15) is 0 Å². The van der Waals surface area contributed by atoms with Crippen LogP contribution in [0.15, 0.2) is 60.7 Å². The van der Waals surface area contributed by atoms with Crippen molar-refractivity contribution in [1.29, 1.82) is 0 Å². The summed E-state index contributed by atoms with van der Waals surface area (Å²) < 4.78 is 5.23. The molecule has 164 valence electrons. The summed E-state index contributed by atoms with van der Waals surface area (Å²) in [4.78, 5) is 38.1. The summed E-state index contributed by atoms with van der Waals surface area (Å²) in [7, 11) is 0. The van der Waals surface area contributed by atoms with Crippen LogP contribution >= 0.6 is 0 Å². The van der Waals surface area contributed by atoms with E-state index in [1.807, 2.05) is 36.4 Å². The Balaban J connectivity index is 1.42. The number of carbonyl (C=O) groups excluding carboxylic acids is 3. The SMILES string of the molecule is CC(=O)NC(CC(=O)OCC(=O)N1CCC(Cc2ccccc2)CC1)c1ccccc1.